The molecule has 6 heteroatoms. The summed E-state index contributed by atoms with van der Waals surface area (Å²) in [7, 11) is 0. The van der Waals surface area contributed by atoms with E-state index in [2.05, 4.69) is 0 Å². The molecule has 0 heterocycles. The molecule has 2 unspecified atom stereocenters. The van der Waals surface area contributed by atoms with E-state index in [0.29, 0.717) is 6.42 Å². The monoisotopic (exact) mass is 256 g/mol. The summed E-state index contributed by atoms with van der Waals surface area (Å²) in [4.78, 5) is 32.2. The Morgan fingerprint density at radius 3 is 2.00 bits per heavy atom. The summed E-state index contributed by atoms with van der Waals surface area (Å²) in [6.07, 6.45) is 4.02. The molecule has 0 aromatic heterocycles. The van der Waals surface area contributed by atoms with Crippen molar-refractivity contribution in [1.29, 1.82) is 0 Å². The lowest BCUT2D eigenvalue weighted by molar-refractivity contribution is -0.151. The predicted molar refractivity (Wildman–Crippen MR) is 63.1 cm³/mol. The van der Waals surface area contributed by atoms with Gasteiger partial charge in [0.25, 0.3) is 0 Å². The minimum Gasteiger partial charge on any atom is -0.481 e. The van der Waals surface area contributed by atoms with Gasteiger partial charge in [0.2, 0.25) is 0 Å². The predicted octanol–water partition coefficient (Wildman–Crippen LogP) is 1.39. The summed E-state index contributed by atoms with van der Waals surface area (Å²) in [5.74, 6) is -5.83. The molecule has 6 nitrogen and oxygen atoms in total. The lowest BCUT2D eigenvalue weighted by Gasteiger charge is -2.11. The van der Waals surface area contributed by atoms with Crippen molar-refractivity contribution in [2.45, 2.75) is 20.3 Å². The van der Waals surface area contributed by atoms with E-state index in [4.69, 9.17) is 15.3 Å². The Labute approximate surface area is 104 Å². The van der Waals surface area contributed by atoms with Gasteiger partial charge in [-0.2, -0.15) is 0 Å². The van der Waals surface area contributed by atoms with Crippen molar-refractivity contribution in [2.24, 2.45) is 11.8 Å². The van der Waals surface area contributed by atoms with Gasteiger partial charge in [-0.05, 0) is 6.42 Å². The van der Waals surface area contributed by atoms with E-state index < -0.39 is 29.7 Å². The lowest BCUT2D eigenvalue weighted by atomic mass is 9.93. The second-order valence-electron chi connectivity index (χ2n) is 3.73. The number of rotatable bonds is 7. The third-order valence-corrected chi connectivity index (χ3v) is 2.48. The molecule has 3 N–H and O–H groups in total. The third-order valence-electron chi connectivity index (χ3n) is 2.48. The SMILES string of the molecule is CCC(=CC=CC(C(=O)O)C(C)C(=O)O)C(=O)O. The van der Waals surface area contributed by atoms with Crippen molar-refractivity contribution < 1.29 is 29.7 Å². The molecule has 0 radical (unpaired) electrons. The lowest BCUT2D eigenvalue weighted by Crippen LogP contribution is -2.25. The average Bonchev–Trinajstić information content (AvgIpc) is 2.27. The Hall–Kier alpha value is -2.11. The van der Waals surface area contributed by atoms with Crippen LogP contribution < -0.4 is 0 Å². The molecule has 0 saturated carbocycles. The maximum Gasteiger partial charge on any atom is 0.331 e. The van der Waals surface area contributed by atoms with Crippen LogP contribution in [0.1, 0.15) is 20.3 Å². The highest BCUT2D eigenvalue weighted by atomic mass is 16.4. The van der Waals surface area contributed by atoms with Gasteiger partial charge in [0.05, 0.1) is 11.8 Å². The molecule has 18 heavy (non-hydrogen) atoms. The first-order valence-electron chi connectivity index (χ1n) is 5.37. The Morgan fingerprint density at radius 1 is 1.11 bits per heavy atom. The molecular weight excluding hydrogens is 240 g/mol. The van der Waals surface area contributed by atoms with Gasteiger partial charge in [-0.25, -0.2) is 4.79 Å². The van der Waals surface area contributed by atoms with Crippen molar-refractivity contribution in [3.05, 3.63) is 23.8 Å². The van der Waals surface area contributed by atoms with Gasteiger partial charge in [0.1, 0.15) is 0 Å². The molecule has 0 saturated heterocycles. The standard InChI is InChI=1S/C12H16O6/c1-3-8(11(15)16)5-4-6-9(12(17)18)7(2)10(13)14/h4-7,9H,3H2,1-2H3,(H,13,14)(H,15,16)(H,17,18). The number of carboxylic acids is 3. The van der Waals surface area contributed by atoms with E-state index >= 15 is 0 Å². The molecule has 0 spiro atoms. The third kappa shape index (κ3) is 4.82. The Morgan fingerprint density at radius 2 is 1.67 bits per heavy atom. The average molecular weight is 256 g/mol. The molecule has 0 fully saturated rings. The van der Waals surface area contributed by atoms with Crippen molar-refractivity contribution in [2.75, 3.05) is 0 Å². The second-order valence-corrected chi connectivity index (χ2v) is 3.73. The van der Waals surface area contributed by atoms with Gasteiger partial charge in [0, 0.05) is 5.57 Å². The molecule has 0 aromatic carbocycles. The van der Waals surface area contributed by atoms with Crippen molar-refractivity contribution in [1.82, 2.24) is 0 Å². The quantitative estimate of drug-likeness (QED) is 0.468. The van der Waals surface area contributed by atoms with Gasteiger partial charge < -0.3 is 15.3 Å². The number of carboxylic acid groups (broad SMARTS) is 3. The zero-order chi connectivity index (χ0) is 14.3. The van der Waals surface area contributed by atoms with Crippen LogP contribution in [-0.4, -0.2) is 33.2 Å². The maximum atomic E-state index is 10.9. The van der Waals surface area contributed by atoms with Crippen LogP contribution in [-0.2, 0) is 14.4 Å². The Balaban J connectivity index is 4.95. The van der Waals surface area contributed by atoms with E-state index in [1.54, 1.807) is 6.92 Å². The zero-order valence-corrected chi connectivity index (χ0v) is 10.2. The summed E-state index contributed by atoms with van der Waals surface area (Å²) in [5, 5.41) is 26.3. The largest absolute Gasteiger partial charge is 0.481 e. The van der Waals surface area contributed by atoms with Crippen LogP contribution >= 0.6 is 0 Å². The van der Waals surface area contributed by atoms with Crippen molar-refractivity contribution in [3.63, 3.8) is 0 Å². The van der Waals surface area contributed by atoms with Gasteiger partial charge in [0.15, 0.2) is 0 Å². The Kier molecular flexibility index (Phi) is 6.41. The van der Waals surface area contributed by atoms with Crippen LogP contribution in [0.5, 0.6) is 0 Å². The summed E-state index contributed by atoms with van der Waals surface area (Å²) in [5.41, 5.74) is 0.123. The minimum absolute atomic E-state index is 0.123. The maximum absolute atomic E-state index is 10.9. The topological polar surface area (TPSA) is 112 Å². The molecule has 0 aliphatic heterocycles. The highest BCUT2D eigenvalue weighted by molar-refractivity contribution is 5.87. The summed E-state index contributed by atoms with van der Waals surface area (Å²) >= 11 is 0. The first kappa shape index (κ1) is 15.9. The molecule has 2 atom stereocenters. The smallest absolute Gasteiger partial charge is 0.331 e. The first-order valence-corrected chi connectivity index (χ1v) is 5.37. The summed E-state index contributed by atoms with van der Waals surface area (Å²) < 4.78 is 0. The summed E-state index contributed by atoms with van der Waals surface area (Å²) in [6, 6.07) is 0. The van der Waals surface area contributed by atoms with Crippen LogP contribution in [0.4, 0.5) is 0 Å². The first-order chi connectivity index (χ1) is 8.31. The van der Waals surface area contributed by atoms with Gasteiger partial charge in [-0.15, -0.1) is 0 Å². The van der Waals surface area contributed by atoms with Crippen molar-refractivity contribution in [3.8, 4) is 0 Å². The van der Waals surface area contributed by atoms with Gasteiger partial charge in [-0.1, -0.05) is 32.1 Å². The highest BCUT2D eigenvalue weighted by Gasteiger charge is 2.27. The number of carbonyl (C=O) groups is 3. The molecule has 0 aliphatic rings. The number of allylic oxidation sites excluding steroid dienone is 2. The molecule has 100 valence electrons. The Bertz CT molecular complexity index is 393. The normalized spacial score (nSPS) is 15.3. The van der Waals surface area contributed by atoms with E-state index in [1.165, 1.54) is 25.2 Å². The van der Waals surface area contributed by atoms with Crippen LogP contribution in [0.25, 0.3) is 0 Å². The molecule has 0 rings (SSSR count). The second kappa shape index (κ2) is 7.26. The summed E-state index contributed by atoms with van der Waals surface area (Å²) in [6.45, 7) is 2.94. The van der Waals surface area contributed by atoms with Crippen LogP contribution in [0, 0.1) is 11.8 Å². The number of aliphatic carboxylic acids is 3. The molecule has 0 aromatic rings. The van der Waals surface area contributed by atoms with Crippen molar-refractivity contribution >= 4 is 17.9 Å². The highest BCUT2D eigenvalue weighted by Crippen LogP contribution is 2.14. The number of hydrogen-bond acceptors (Lipinski definition) is 3. The van der Waals surface area contributed by atoms with E-state index in [9.17, 15) is 14.4 Å². The van der Waals surface area contributed by atoms with E-state index in [1.807, 2.05) is 0 Å². The van der Waals surface area contributed by atoms with Crippen LogP contribution in [0.2, 0.25) is 0 Å². The van der Waals surface area contributed by atoms with Gasteiger partial charge >= 0.3 is 17.9 Å². The fraction of sp³-hybridized carbons (Fsp3) is 0.417. The minimum atomic E-state index is -1.26. The zero-order valence-electron chi connectivity index (χ0n) is 10.2. The molecule has 0 aliphatic carbocycles. The van der Waals surface area contributed by atoms with E-state index in [0.717, 1.165) is 0 Å². The van der Waals surface area contributed by atoms with Crippen LogP contribution in [0.3, 0.4) is 0 Å². The fourth-order valence-electron chi connectivity index (χ4n) is 1.25. The number of hydrogen-bond donors (Lipinski definition) is 3. The molecular formula is C12H16O6. The van der Waals surface area contributed by atoms with Crippen LogP contribution in [0.15, 0.2) is 23.8 Å². The van der Waals surface area contributed by atoms with E-state index in [-0.39, 0.29) is 5.57 Å². The van der Waals surface area contributed by atoms with Gasteiger partial charge in [-0.3, -0.25) is 9.59 Å². The molecule has 0 bridgehead atoms. The fourth-order valence-corrected chi connectivity index (χ4v) is 1.25. The molecule has 0 amide bonds.